The number of aromatic nitrogens is 2. The smallest absolute Gasteiger partial charge is 0.259 e. The van der Waals surface area contributed by atoms with Crippen molar-refractivity contribution in [1.29, 1.82) is 0 Å². The maximum atomic E-state index is 11.8. The van der Waals surface area contributed by atoms with E-state index in [1.54, 1.807) is 18.5 Å². The van der Waals surface area contributed by atoms with Gasteiger partial charge in [0.25, 0.3) is 10.0 Å². The van der Waals surface area contributed by atoms with E-state index in [9.17, 15) is 8.42 Å². The van der Waals surface area contributed by atoms with Crippen LogP contribution in [0.25, 0.3) is 0 Å². The first-order valence-corrected chi connectivity index (χ1v) is 6.49. The van der Waals surface area contributed by atoms with Crippen LogP contribution in [0, 0.1) is 0 Å². The summed E-state index contributed by atoms with van der Waals surface area (Å²) in [7, 11) is -1.88. The maximum Gasteiger partial charge on any atom is 0.259 e. The van der Waals surface area contributed by atoms with Crippen molar-refractivity contribution < 1.29 is 8.42 Å². The summed E-state index contributed by atoms with van der Waals surface area (Å²) >= 11 is 4.70. The second-order valence-electron chi connectivity index (χ2n) is 3.57. The Morgan fingerprint density at radius 1 is 1.75 bits per heavy atom. The largest absolute Gasteiger partial charge is 0.393 e. The SMILES string of the molecule is CC(CC(N)=S)NS(=O)(=O)c1cn(C)cn1. The molecule has 0 saturated heterocycles. The summed E-state index contributed by atoms with van der Waals surface area (Å²) in [5, 5.41) is -0.00945. The monoisotopic (exact) mass is 262 g/mol. The van der Waals surface area contributed by atoms with E-state index in [1.165, 1.54) is 12.5 Å². The molecule has 1 atom stereocenters. The molecule has 0 aliphatic rings. The van der Waals surface area contributed by atoms with Crippen LogP contribution in [0.1, 0.15) is 13.3 Å². The van der Waals surface area contributed by atoms with Gasteiger partial charge in [-0.15, -0.1) is 0 Å². The van der Waals surface area contributed by atoms with Crippen molar-refractivity contribution in [2.45, 2.75) is 24.4 Å². The Morgan fingerprint density at radius 3 is 2.81 bits per heavy atom. The molecule has 90 valence electrons. The van der Waals surface area contributed by atoms with Gasteiger partial charge in [0, 0.05) is 25.7 Å². The molecule has 0 radical (unpaired) electrons. The Balaban J connectivity index is 2.76. The van der Waals surface area contributed by atoms with Crippen molar-refractivity contribution in [3.8, 4) is 0 Å². The van der Waals surface area contributed by atoms with Crippen LogP contribution < -0.4 is 10.5 Å². The molecule has 0 spiro atoms. The molecule has 0 aliphatic heterocycles. The molecule has 0 bridgehead atoms. The number of hydrogen-bond donors (Lipinski definition) is 2. The molecule has 3 N–H and O–H groups in total. The zero-order valence-electron chi connectivity index (χ0n) is 9.04. The summed E-state index contributed by atoms with van der Waals surface area (Å²) in [6, 6.07) is -0.343. The number of nitrogens with two attached hydrogens (primary N) is 1. The van der Waals surface area contributed by atoms with Gasteiger partial charge < -0.3 is 10.3 Å². The van der Waals surface area contributed by atoms with Crippen molar-refractivity contribution in [3.63, 3.8) is 0 Å². The van der Waals surface area contributed by atoms with E-state index in [0.717, 1.165) is 0 Å². The lowest BCUT2D eigenvalue weighted by molar-refractivity contribution is 0.561. The molecule has 1 heterocycles. The highest BCUT2D eigenvalue weighted by molar-refractivity contribution is 7.89. The zero-order chi connectivity index (χ0) is 12.3. The van der Waals surface area contributed by atoms with Crippen LogP contribution in [0.4, 0.5) is 0 Å². The number of aryl methyl sites for hydroxylation is 1. The molecule has 1 unspecified atom stereocenters. The molecule has 0 aromatic carbocycles. The molecular weight excluding hydrogens is 248 g/mol. The number of nitrogens with zero attached hydrogens (tertiary/aromatic N) is 2. The highest BCUT2D eigenvalue weighted by Crippen LogP contribution is 2.06. The lowest BCUT2D eigenvalue weighted by Crippen LogP contribution is -2.35. The van der Waals surface area contributed by atoms with Gasteiger partial charge in [-0.3, -0.25) is 0 Å². The fourth-order valence-electron chi connectivity index (χ4n) is 1.20. The molecule has 1 aromatic rings. The number of sulfonamides is 1. The van der Waals surface area contributed by atoms with Crippen LogP contribution in [0.5, 0.6) is 0 Å². The Morgan fingerprint density at radius 2 is 2.38 bits per heavy atom. The van der Waals surface area contributed by atoms with E-state index >= 15 is 0 Å². The third-order valence-corrected chi connectivity index (χ3v) is 3.46. The van der Waals surface area contributed by atoms with E-state index in [-0.39, 0.29) is 16.1 Å². The van der Waals surface area contributed by atoms with Crippen molar-refractivity contribution >= 4 is 27.2 Å². The van der Waals surface area contributed by atoms with Crippen LogP contribution in [0.15, 0.2) is 17.6 Å². The second-order valence-corrected chi connectivity index (χ2v) is 5.76. The van der Waals surface area contributed by atoms with Gasteiger partial charge in [-0.25, -0.2) is 18.1 Å². The van der Waals surface area contributed by atoms with E-state index in [0.29, 0.717) is 6.42 Å². The standard InChI is InChI=1S/C8H14N4O2S2/c1-6(3-7(9)15)11-16(13,14)8-4-12(2)5-10-8/h4-6,11H,3H2,1-2H3,(H2,9,15). The Labute approximate surface area is 99.9 Å². The number of thiocarbonyl (C=S) groups is 1. The predicted molar refractivity (Wildman–Crippen MR) is 64.4 cm³/mol. The van der Waals surface area contributed by atoms with Gasteiger partial charge in [0.15, 0.2) is 5.03 Å². The van der Waals surface area contributed by atoms with Gasteiger partial charge in [-0.1, -0.05) is 12.2 Å². The molecular formula is C8H14N4O2S2. The Kier molecular flexibility index (Phi) is 4.00. The molecule has 0 fully saturated rings. The third-order valence-electron chi connectivity index (χ3n) is 1.82. The fraction of sp³-hybridized carbons (Fsp3) is 0.500. The summed E-state index contributed by atoms with van der Waals surface area (Å²) in [4.78, 5) is 4.04. The average molecular weight is 262 g/mol. The first-order valence-electron chi connectivity index (χ1n) is 4.60. The number of hydrogen-bond acceptors (Lipinski definition) is 4. The minimum Gasteiger partial charge on any atom is -0.393 e. The fourth-order valence-corrected chi connectivity index (χ4v) is 2.67. The summed E-state index contributed by atoms with van der Waals surface area (Å²) in [6.45, 7) is 1.69. The maximum absolute atomic E-state index is 11.8. The number of rotatable bonds is 5. The van der Waals surface area contributed by atoms with Crippen LogP contribution in [0.2, 0.25) is 0 Å². The number of nitrogens with one attached hydrogen (secondary N) is 1. The summed E-state index contributed by atoms with van der Waals surface area (Å²) in [6.07, 6.45) is 3.17. The first-order chi connectivity index (χ1) is 7.31. The number of imidazole rings is 1. The van der Waals surface area contributed by atoms with Crippen molar-refractivity contribution in [3.05, 3.63) is 12.5 Å². The van der Waals surface area contributed by atoms with Crippen LogP contribution in [-0.4, -0.2) is 29.0 Å². The molecule has 6 nitrogen and oxygen atoms in total. The molecule has 8 heteroatoms. The summed E-state index contributed by atoms with van der Waals surface area (Å²) in [5.74, 6) is 0. The second kappa shape index (κ2) is 4.89. The Hall–Kier alpha value is -0.990. The van der Waals surface area contributed by atoms with E-state index in [4.69, 9.17) is 18.0 Å². The van der Waals surface area contributed by atoms with Crippen molar-refractivity contribution in [2.24, 2.45) is 12.8 Å². The van der Waals surface area contributed by atoms with Crippen LogP contribution >= 0.6 is 12.2 Å². The Bertz CT molecular complexity index is 480. The molecule has 0 saturated carbocycles. The minimum absolute atomic E-state index is 0.00945. The lowest BCUT2D eigenvalue weighted by Gasteiger charge is -2.11. The van der Waals surface area contributed by atoms with Crippen LogP contribution in [0.3, 0.4) is 0 Å². The van der Waals surface area contributed by atoms with Gasteiger partial charge in [-0.2, -0.15) is 0 Å². The predicted octanol–water partition coefficient (Wildman–Crippen LogP) is -0.237. The topological polar surface area (TPSA) is 90.0 Å². The van der Waals surface area contributed by atoms with Gasteiger partial charge >= 0.3 is 0 Å². The normalized spacial score (nSPS) is 13.6. The van der Waals surface area contributed by atoms with Gasteiger partial charge in [0.05, 0.1) is 11.3 Å². The minimum atomic E-state index is -3.58. The van der Waals surface area contributed by atoms with Gasteiger partial charge in [-0.05, 0) is 6.92 Å². The van der Waals surface area contributed by atoms with Gasteiger partial charge in [0.2, 0.25) is 0 Å². The zero-order valence-corrected chi connectivity index (χ0v) is 10.7. The highest BCUT2D eigenvalue weighted by Gasteiger charge is 2.19. The van der Waals surface area contributed by atoms with Crippen LogP contribution in [-0.2, 0) is 17.1 Å². The summed E-state index contributed by atoms with van der Waals surface area (Å²) in [5.41, 5.74) is 5.33. The van der Waals surface area contributed by atoms with E-state index in [1.807, 2.05) is 0 Å². The lowest BCUT2D eigenvalue weighted by atomic mass is 10.3. The molecule has 0 amide bonds. The molecule has 16 heavy (non-hydrogen) atoms. The average Bonchev–Trinajstić information content (AvgIpc) is 2.49. The van der Waals surface area contributed by atoms with Crippen molar-refractivity contribution in [2.75, 3.05) is 0 Å². The molecule has 1 aromatic heterocycles. The summed E-state index contributed by atoms with van der Waals surface area (Å²) < 4.78 is 27.5. The van der Waals surface area contributed by atoms with Crippen molar-refractivity contribution in [1.82, 2.24) is 14.3 Å². The molecule has 1 rings (SSSR count). The molecule has 0 aliphatic carbocycles. The third kappa shape index (κ3) is 3.54. The first kappa shape index (κ1) is 13.1. The highest BCUT2D eigenvalue weighted by atomic mass is 32.2. The quantitative estimate of drug-likeness (QED) is 0.715. The van der Waals surface area contributed by atoms with E-state index in [2.05, 4.69) is 9.71 Å². The van der Waals surface area contributed by atoms with Gasteiger partial charge in [0.1, 0.15) is 0 Å². The van der Waals surface area contributed by atoms with E-state index < -0.39 is 10.0 Å².